The molecule has 0 N–H and O–H groups in total. The van der Waals surface area contributed by atoms with Crippen LogP contribution in [0.4, 0.5) is 0 Å². The monoisotopic (exact) mass is 482 g/mol. The van der Waals surface area contributed by atoms with Crippen LogP contribution < -0.4 is 0 Å². The molecule has 0 unspecified atom stereocenters. The van der Waals surface area contributed by atoms with Crippen LogP contribution in [0.5, 0.6) is 0 Å². The van der Waals surface area contributed by atoms with E-state index in [1.165, 1.54) is 0 Å². The second kappa shape index (κ2) is 7.44. The van der Waals surface area contributed by atoms with Gasteiger partial charge in [-0.25, -0.2) is 8.42 Å². The molecule has 0 saturated heterocycles. The average Bonchev–Trinajstić information content (AvgIpc) is 2.58. The second-order valence-electron chi connectivity index (χ2n) is 4.98. The molecule has 0 aromatic heterocycles. The lowest BCUT2D eigenvalue weighted by Gasteiger charge is -2.06. The lowest BCUT2D eigenvalue weighted by Crippen LogP contribution is -2.01. The number of rotatable bonds is 4. The zero-order valence-corrected chi connectivity index (χ0v) is 17.1. The van der Waals surface area contributed by atoms with Crippen LogP contribution in [0.15, 0.2) is 101 Å². The molecule has 2 nitrogen and oxygen atoms in total. The van der Waals surface area contributed by atoms with Gasteiger partial charge < -0.3 is 0 Å². The minimum absolute atomic E-state index is 0.291. The maximum absolute atomic E-state index is 12.6. The number of hydrogen-bond acceptors (Lipinski definition) is 3. The molecule has 0 saturated carbocycles. The van der Waals surface area contributed by atoms with Gasteiger partial charge in [0.2, 0.25) is 9.84 Å². The van der Waals surface area contributed by atoms with E-state index in [-0.39, 0.29) is 0 Å². The molecule has 0 fully saturated rings. The lowest BCUT2D eigenvalue weighted by atomic mass is 10.4. The highest BCUT2D eigenvalue weighted by molar-refractivity contribution is 9.10. The molecular formula is C18H12Br2O2S2. The highest BCUT2D eigenvalue weighted by Crippen LogP contribution is 2.30. The number of halogens is 2. The molecule has 24 heavy (non-hydrogen) atoms. The first kappa shape index (κ1) is 17.7. The first-order valence-corrected chi connectivity index (χ1v) is 10.9. The molecule has 0 heterocycles. The maximum atomic E-state index is 12.6. The van der Waals surface area contributed by atoms with Gasteiger partial charge in [0.1, 0.15) is 0 Å². The molecule has 0 spiro atoms. The van der Waals surface area contributed by atoms with Crippen LogP contribution in [-0.4, -0.2) is 8.42 Å². The van der Waals surface area contributed by atoms with Crippen molar-refractivity contribution >= 4 is 53.5 Å². The maximum Gasteiger partial charge on any atom is 0.206 e. The summed E-state index contributed by atoms with van der Waals surface area (Å²) in [6.07, 6.45) is 0. The van der Waals surface area contributed by atoms with Crippen LogP contribution in [0.25, 0.3) is 0 Å². The lowest BCUT2D eigenvalue weighted by molar-refractivity contribution is 0.596. The van der Waals surface area contributed by atoms with Crippen molar-refractivity contribution in [2.45, 2.75) is 19.6 Å². The SMILES string of the molecule is O=S(=O)(c1ccc(Br)cc1)c1ccc(Sc2ccc(Br)cc2)cc1. The van der Waals surface area contributed by atoms with Crippen molar-refractivity contribution in [3.05, 3.63) is 81.7 Å². The number of hydrogen-bond donors (Lipinski definition) is 0. The van der Waals surface area contributed by atoms with E-state index in [0.717, 1.165) is 18.7 Å². The van der Waals surface area contributed by atoms with E-state index < -0.39 is 9.84 Å². The molecule has 6 heteroatoms. The highest BCUT2D eigenvalue weighted by atomic mass is 79.9. The first-order chi connectivity index (χ1) is 11.4. The van der Waals surface area contributed by atoms with E-state index in [1.807, 2.05) is 36.4 Å². The van der Waals surface area contributed by atoms with Crippen molar-refractivity contribution in [2.24, 2.45) is 0 Å². The van der Waals surface area contributed by atoms with Gasteiger partial charge in [0.25, 0.3) is 0 Å². The van der Waals surface area contributed by atoms with E-state index in [9.17, 15) is 8.42 Å². The molecule has 0 aliphatic heterocycles. The van der Waals surface area contributed by atoms with Gasteiger partial charge >= 0.3 is 0 Å². The van der Waals surface area contributed by atoms with Crippen LogP contribution in [0.1, 0.15) is 0 Å². The Hall–Kier alpha value is -1.08. The Bertz CT molecular complexity index is 934. The molecule has 3 rings (SSSR count). The zero-order valence-electron chi connectivity index (χ0n) is 12.3. The summed E-state index contributed by atoms with van der Waals surface area (Å²) in [6, 6.07) is 21.6. The standard InChI is InChI=1S/C18H12Br2O2S2/c19-13-1-5-15(6-2-13)23-16-7-11-18(12-8-16)24(21,22)17-9-3-14(20)4-10-17/h1-12H. The summed E-state index contributed by atoms with van der Waals surface area (Å²) < 4.78 is 27.1. The fraction of sp³-hybridized carbons (Fsp3) is 0. The summed E-state index contributed by atoms with van der Waals surface area (Å²) in [5.41, 5.74) is 0. The van der Waals surface area contributed by atoms with Gasteiger partial charge in [-0.15, -0.1) is 0 Å². The Balaban J connectivity index is 1.83. The largest absolute Gasteiger partial charge is 0.219 e. The van der Waals surface area contributed by atoms with Gasteiger partial charge in [-0.05, 0) is 72.8 Å². The minimum atomic E-state index is -3.49. The quantitative estimate of drug-likeness (QED) is 0.443. The van der Waals surface area contributed by atoms with Crippen LogP contribution in [0.3, 0.4) is 0 Å². The molecule has 0 amide bonds. The third kappa shape index (κ3) is 4.11. The van der Waals surface area contributed by atoms with Crippen molar-refractivity contribution in [3.63, 3.8) is 0 Å². The van der Waals surface area contributed by atoms with E-state index >= 15 is 0 Å². The van der Waals surface area contributed by atoms with Gasteiger partial charge in [-0.1, -0.05) is 43.6 Å². The van der Waals surface area contributed by atoms with E-state index in [2.05, 4.69) is 31.9 Å². The topological polar surface area (TPSA) is 34.1 Å². The predicted octanol–water partition coefficient (Wildman–Crippen LogP) is 6.20. The zero-order chi connectivity index (χ0) is 17.2. The first-order valence-electron chi connectivity index (χ1n) is 6.99. The molecular weight excluding hydrogens is 472 g/mol. The Labute approximate surface area is 162 Å². The van der Waals surface area contributed by atoms with E-state index in [4.69, 9.17) is 0 Å². The van der Waals surface area contributed by atoms with Gasteiger partial charge in [0, 0.05) is 18.7 Å². The number of benzene rings is 3. The molecule has 0 radical (unpaired) electrons. The van der Waals surface area contributed by atoms with Gasteiger partial charge in [-0.2, -0.15) is 0 Å². The van der Waals surface area contributed by atoms with Crippen molar-refractivity contribution in [1.82, 2.24) is 0 Å². The van der Waals surface area contributed by atoms with Crippen LogP contribution in [0.2, 0.25) is 0 Å². The van der Waals surface area contributed by atoms with E-state index in [1.54, 1.807) is 48.2 Å². The van der Waals surface area contributed by atoms with Gasteiger partial charge in [0.15, 0.2) is 0 Å². The molecule has 0 aliphatic rings. The third-order valence-electron chi connectivity index (χ3n) is 3.31. The van der Waals surface area contributed by atoms with Crippen molar-refractivity contribution < 1.29 is 8.42 Å². The molecule has 122 valence electrons. The number of sulfone groups is 1. The van der Waals surface area contributed by atoms with Gasteiger partial charge in [0.05, 0.1) is 9.79 Å². The minimum Gasteiger partial charge on any atom is -0.219 e. The van der Waals surface area contributed by atoms with Crippen molar-refractivity contribution in [1.29, 1.82) is 0 Å². The van der Waals surface area contributed by atoms with Crippen LogP contribution >= 0.6 is 43.6 Å². The molecule has 0 bridgehead atoms. The third-order valence-corrected chi connectivity index (χ3v) is 7.17. The Morgan fingerprint density at radius 3 is 1.38 bits per heavy atom. The smallest absolute Gasteiger partial charge is 0.206 e. The normalized spacial score (nSPS) is 11.4. The summed E-state index contributed by atoms with van der Waals surface area (Å²) in [6.45, 7) is 0. The summed E-state index contributed by atoms with van der Waals surface area (Å²) in [4.78, 5) is 2.68. The van der Waals surface area contributed by atoms with Gasteiger partial charge in [-0.3, -0.25) is 0 Å². The second-order valence-corrected chi connectivity index (χ2v) is 9.91. The van der Waals surface area contributed by atoms with Crippen LogP contribution in [0, 0.1) is 0 Å². The molecule has 3 aromatic rings. The highest BCUT2D eigenvalue weighted by Gasteiger charge is 2.17. The summed E-state index contributed by atoms with van der Waals surface area (Å²) in [7, 11) is -3.49. The summed E-state index contributed by atoms with van der Waals surface area (Å²) in [5, 5.41) is 0. The fourth-order valence-corrected chi connectivity index (χ4v) is 4.68. The Kier molecular flexibility index (Phi) is 5.49. The van der Waals surface area contributed by atoms with Crippen molar-refractivity contribution in [2.75, 3.05) is 0 Å². The Morgan fingerprint density at radius 1 is 0.583 bits per heavy atom. The molecule has 3 aromatic carbocycles. The average molecular weight is 484 g/mol. The van der Waals surface area contributed by atoms with Crippen molar-refractivity contribution in [3.8, 4) is 0 Å². The predicted molar refractivity (Wildman–Crippen MR) is 104 cm³/mol. The molecule has 0 atom stereocenters. The summed E-state index contributed by atoms with van der Waals surface area (Å²) in [5.74, 6) is 0. The fourth-order valence-electron chi connectivity index (χ4n) is 2.08. The summed E-state index contributed by atoms with van der Waals surface area (Å²) >= 11 is 8.31. The molecule has 0 aliphatic carbocycles. The van der Waals surface area contributed by atoms with Crippen LogP contribution in [-0.2, 0) is 9.84 Å². The van der Waals surface area contributed by atoms with E-state index in [0.29, 0.717) is 9.79 Å². The Morgan fingerprint density at radius 2 is 0.917 bits per heavy atom.